The summed E-state index contributed by atoms with van der Waals surface area (Å²) >= 11 is 0. The molecule has 25 heavy (non-hydrogen) atoms. The molecule has 3 rings (SSSR count). The Morgan fingerprint density at radius 2 is 1.64 bits per heavy atom. The van der Waals surface area contributed by atoms with Gasteiger partial charge in [-0.15, -0.1) is 0 Å². The van der Waals surface area contributed by atoms with Gasteiger partial charge in [-0.3, -0.25) is 10.1 Å². The number of nitrogens with one attached hydrogen (secondary N) is 1. The highest BCUT2D eigenvalue weighted by Crippen LogP contribution is 2.25. The summed E-state index contributed by atoms with van der Waals surface area (Å²) in [6.45, 7) is 0. The van der Waals surface area contributed by atoms with E-state index in [1.165, 1.54) is 18.4 Å². The van der Waals surface area contributed by atoms with E-state index in [1.54, 1.807) is 36.4 Å². The Hall–Kier alpha value is -2.97. The van der Waals surface area contributed by atoms with Crippen molar-refractivity contribution < 1.29 is 17.8 Å². The monoisotopic (exact) mass is 358 g/mol. The van der Waals surface area contributed by atoms with E-state index in [4.69, 9.17) is 4.42 Å². The van der Waals surface area contributed by atoms with E-state index >= 15 is 0 Å². The number of hydrogen-bond donors (Lipinski definition) is 1. The van der Waals surface area contributed by atoms with Crippen LogP contribution >= 0.6 is 0 Å². The summed E-state index contributed by atoms with van der Waals surface area (Å²) in [5.74, 6) is 0.441. The molecule has 0 saturated heterocycles. The first-order valence-electron chi connectivity index (χ1n) is 7.32. The second-order valence-corrected chi connectivity index (χ2v) is 6.95. The fourth-order valence-electron chi connectivity index (χ4n) is 2.36. The van der Waals surface area contributed by atoms with Gasteiger partial charge >= 0.3 is 0 Å². The van der Waals surface area contributed by atoms with Gasteiger partial charge in [0.15, 0.2) is 0 Å². The summed E-state index contributed by atoms with van der Waals surface area (Å²) < 4.78 is 33.3. The summed E-state index contributed by atoms with van der Waals surface area (Å²) in [6, 6.07) is 16.3. The molecule has 1 atom stereocenters. The molecular weight excluding hydrogens is 344 g/mol. The molecule has 0 unspecified atom stereocenters. The summed E-state index contributed by atoms with van der Waals surface area (Å²) in [6.07, 6.45) is 1.46. The molecule has 2 aromatic carbocycles. The maximum Gasteiger partial charge on any atom is 0.269 e. The van der Waals surface area contributed by atoms with Gasteiger partial charge in [0.1, 0.15) is 11.8 Å². The molecule has 8 heteroatoms. The number of hydrogen-bond acceptors (Lipinski definition) is 5. The summed E-state index contributed by atoms with van der Waals surface area (Å²) in [7, 11) is -3.91. The van der Waals surface area contributed by atoms with Crippen LogP contribution in [0.25, 0.3) is 0 Å². The van der Waals surface area contributed by atoms with Gasteiger partial charge < -0.3 is 4.42 Å². The molecule has 0 fully saturated rings. The van der Waals surface area contributed by atoms with Crippen molar-refractivity contribution in [3.8, 4) is 0 Å². The highest BCUT2D eigenvalue weighted by atomic mass is 32.2. The molecule has 0 radical (unpaired) electrons. The van der Waals surface area contributed by atoms with Crippen LogP contribution in [0.1, 0.15) is 17.4 Å². The number of benzene rings is 2. The van der Waals surface area contributed by atoms with Crippen LogP contribution in [-0.2, 0) is 10.0 Å². The Balaban J connectivity index is 1.94. The van der Waals surface area contributed by atoms with Crippen molar-refractivity contribution in [2.45, 2.75) is 10.9 Å². The molecule has 0 aliphatic rings. The average Bonchev–Trinajstić information content (AvgIpc) is 3.15. The first-order chi connectivity index (χ1) is 12.0. The van der Waals surface area contributed by atoms with Gasteiger partial charge in [-0.05, 0) is 29.8 Å². The molecule has 0 saturated carbocycles. The van der Waals surface area contributed by atoms with Crippen LogP contribution in [0, 0.1) is 10.1 Å². The van der Waals surface area contributed by atoms with Gasteiger partial charge in [-0.25, -0.2) is 8.42 Å². The Labute approximate surface area is 144 Å². The molecule has 1 N–H and O–H groups in total. The Bertz CT molecular complexity index is 952. The minimum absolute atomic E-state index is 0.0643. The van der Waals surface area contributed by atoms with E-state index in [-0.39, 0.29) is 10.6 Å². The molecule has 7 nitrogen and oxygen atoms in total. The molecule has 0 aliphatic heterocycles. The number of nitro benzene ring substituents is 1. The lowest BCUT2D eigenvalue weighted by Gasteiger charge is -2.17. The predicted molar refractivity (Wildman–Crippen MR) is 90.4 cm³/mol. The lowest BCUT2D eigenvalue weighted by molar-refractivity contribution is -0.384. The van der Waals surface area contributed by atoms with Gasteiger partial charge in [0, 0.05) is 12.1 Å². The van der Waals surface area contributed by atoms with Crippen molar-refractivity contribution in [2.24, 2.45) is 0 Å². The van der Waals surface area contributed by atoms with E-state index < -0.39 is 21.0 Å². The number of nitrogens with zero attached hydrogens (tertiary/aromatic N) is 1. The SMILES string of the molecule is O=[N+]([O-])c1ccc(S(=O)(=O)N[C@@H](c2ccccc2)c2ccco2)cc1. The Kier molecular flexibility index (Phi) is 4.64. The molecule has 3 aromatic rings. The van der Waals surface area contributed by atoms with Gasteiger partial charge in [0.2, 0.25) is 10.0 Å². The van der Waals surface area contributed by atoms with Crippen molar-refractivity contribution in [1.82, 2.24) is 4.72 Å². The van der Waals surface area contributed by atoms with E-state index in [0.717, 1.165) is 12.1 Å². The normalized spacial score (nSPS) is 12.6. The number of sulfonamides is 1. The third-order valence-corrected chi connectivity index (χ3v) is 5.03. The van der Waals surface area contributed by atoms with Crippen molar-refractivity contribution in [3.63, 3.8) is 0 Å². The summed E-state index contributed by atoms with van der Waals surface area (Å²) in [4.78, 5) is 10.1. The maximum absolute atomic E-state index is 12.7. The average molecular weight is 358 g/mol. The zero-order chi connectivity index (χ0) is 17.9. The number of rotatable bonds is 6. The largest absolute Gasteiger partial charge is 0.467 e. The standard InChI is InChI=1S/C17H14N2O5S/c20-19(21)14-8-10-15(11-9-14)25(22,23)18-17(16-7-4-12-24-16)13-5-2-1-3-6-13/h1-12,17-18H/t17-/m0/s1. The topological polar surface area (TPSA) is 102 Å². The third-order valence-electron chi connectivity index (χ3n) is 3.59. The van der Waals surface area contributed by atoms with Crippen LogP contribution in [0.4, 0.5) is 5.69 Å². The van der Waals surface area contributed by atoms with Crippen molar-refractivity contribution in [1.29, 1.82) is 0 Å². The highest BCUT2D eigenvalue weighted by molar-refractivity contribution is 7.89. The minimum atomic E-state index is -3.91. The molecular formula is C17H14N2O5S. The second-order valence-electron chi connectivity index (χ2n) is 5.23. The second kappa shape index (κ2) is 6.88. The summed E-state index contributed by atoms with van der Waals surface area (Å²) in [5.41, 5.74) is 0.535. The van der Waals surface area contributed by atoms with Gasteiger partial charge in [-0.2, -0.15) is 4.72 Å². The van der Waals surface area contributed by atoms with Crippen LogP contribution < -0.4 is 4.72 Å². The van der Waals surface area contributed by atoms with E-state index in [2.05, 4.69) is 4.72 Å². The van der Waals surface area contributed by atoms with Crippen molar-refractivity contribution >= 4 is 15.7 Å². The third kappa shape index (κ3) is 3.76. The van der Waals surface area contributed by atoms with Gasteiger partial charge in [-0.1, -0.05) is 30.3 Å². The van der Waals surface area contributed by atoms with Crippen molar-refractivity contribution in [2.75, 3.05) is 0 Å². The van der Waals surface area contributed by atoms with Gasteiger partial charge in [0.25, 0.3) is 5.69 Å². The molecule has 0 spiro atoms. The first kappa shape index (κ1) is 16.9. The lowest BCUT2D eigenvalue weighted by Crippen LogP contribution is -2.29. The number of furan rings is 1. The fraction of sp³-hybridized carbons (Fsp3) is 0.0588. The van der Waals surface area contributed by atoms with Crippen LogP contribution in [0.5, 0.6) is 0 Å². The summed E-state index contributed by atoms with van der Waals surface area (Å²) in [5, 5.41) is 10.7. The van der Waals surface area contributed by atoms with E-state index in [1.807, 2.05) is 6.07 Å². The van der Waals surface area contributed by atoms with Crippen LogP contribution in [0.2, 0.25) is 0 Å². The zero-order valence-electron chi connectivity index (χ0n) is 12.9. The molecule has 0 amide bonds. The molecule has 0 bridgehead atoms. The molecule has 1 aromatic heterocycles. The van der Waals surface area contributed by atoms with Crippen LogP contribution in [0.3, 0.4) is 0 Å². The fourth-order valence-corrected chi connectivity index (χ4v) is 3.55. The van der Waals surface area contributed by atoms with Crippen molar-refractivity contribution in [3.05, 3.63) is 94.4 Å². The zero-order valence-corrected chi connectivity index (χ0v) is 13.7. The maximum atomic E-state index is 12.7. The Morgan fingerprint density at radius 1 is 0.960 bits per heavy atom. The predicted octanol–water partition coefficient (Wildman–Crippen LogP) is 3.26. The minimum Gasteiger partial charge on any atom is -0.467 e. The van der Waals surface area contributed by atoms with Crippen LogP contribution in [-0.4, -0.2) is 13.3 Å². The first-order valence-corrected chi connectivity index (χ1v) is 8.81. The van der Waals surface area contributed by atoms with Gasteiger partial charge in [0.05, 0.1) is 16.1 Å². The van der Waals surface area contributed by atoms with E-state index in [0.29, 0.717) is 11.3 Å². The number of non-ortho nitro benzene ring substituents is 1. The lowest BCUT2D eigenvalue weighted by atomic mass is 10.1. The molecule has 128 valence electrons. The Morgan fingerprint density at radius 3 is 2.20 bits per heavy atom. The highest BCUT2D eigenvalue weighted by Gasteiger charge is 2.25. The van der Waals surface area contributed by atoms with E-state index in [9.17, 15) is 18.5 Å². The molecule has 0 aliphatic carbocycles. The molecule has 1 heterocycles. The number of nitro groups is 1. The van der Waals surface area contributed by atoms with Crippen LogP contribution in [0.15, 0.2) is 82.3 Å². The smallest absolute Gasteiger partial charge is 0.269 e. The quantitative estimate of drug-likeness (QED) is 0.538.